The first-order valence-corrected chi connectivity index (χ1v) is 9.69. The molecule has 5 nitrogen and oxygen atoms in total. The minimum absolute atomic E-state index is 0.0142. The molecule has 1 aromatic rings. The largest absolute Gasteiger partial charge is 0.497 e. The van der Waals surface area contributed by atoms with Gasteiger partial charge < -0.3 is 24.6 Å². The number of aliphatic hydroxyl groups is 2. The minimum Gasteiger partial charge on any atom is -0.497 e. The highest BCUT2D eigenvalue weighted by Crippen LogP contribution is 2.53. The molecule has 2 N–H and O–H groups in total. The Bertz CT molecular complexity index is 622. The first-order chi connectivity index (χ1) is 12.4. The molecule has 1 aliphatic heterocycles. The number of rotatable bonds is 5. The maximum atomic E-state index is 11.1. The summed E-state index contributed by atoms with van der Waals surface area (Å²) in [5, 5.41) is 20.3. The SMILES string of the molecule is COc1ccc(C)c([C@]23CCN(C)[C@H](C)[C@H]2[C@H](O)CC(OCCO)C3)c1. The van der Waals surface area contributed by atoms with Crippen LogP contribution in [0.15, 0.2) is 18.2 Å². The van der Waals surface area contributed by atoms with Gasteiger partial charge in [-0.25, -0.2) is 0 Å². The maximum absolute atomic E-state index is 11.1. The normalized spacial score (nSPS) is 35.2. The Kier molecular flexibility index (Phi) is 5.92. The monoisotopic (exact) mass is 363 g/mol. The number of hydrogen-bond donors (Lipinski definition) is 2. The van der Waals surface area contributed by atoms with Crippen LogP contribution in [-0.2, 0) is 10.2 Å². The fourth-order valence-electron chi connectivity index (χ4n) is 5.35. The quantitative estimate of drug-likeness (QED) is 0.839. The third-order valence-corrected chi connectivity index (χ3v) is 6.70. The molecule has 1 heterocycles. The van der Waals surface area contributed by atoms with Gasteiger partial charge in [0.2, 0.25) is 0 Å². The van der Waals surface area contributed by atoms with Gasteiger partial charge in [0.05, 0.1) is 32.5 Å². The standard InChI is InChI=1S/C21H33NO4/c1-14-5-6-16(25-4)11-18(14)21-7-8-22(3)15(2)20(21)19(24)12-17(13-21)26-10-9-23/h5-6,11,15,17,19-20,23-24H,7-10,12-13H2,1-4H3/t15-,17?,19-,20+,21-/m1/s1. The van der Waals surface area contributed by atoms with E-state index in [0.717, 1.165) is 25.1 Å². The molecule has 0 amide bonds. The zero-order chi connectivity index (χ0) is 18.9. The molecule has 5 heteroatoms. The number of ether oxygens (including phenoxy) is 2. The number of piperidine rings is 1. The van der Waals surface area contributed by atoms with E-state index in [0.29, 0.717) is 19.1 Å². The van der Waals surface area contributed by atoms with Gasteiger partial charge in [-0.3, -0.25) is 0 Å². The molecular formula is C21H33NO4. The molecule has 1 aliphatic carbocycles. The molecule has 0 aromatic heterocycles. The average Bonchev–Trinajstić information content (AvgIpc) is 2.63. The van der Waals surface area contributed by atoms with Crippen LogP contribution in [0, 0.1) is 12.8 Å². The number of aliphatic hydroxyl groups excluding tert-OH is 2. The van der Waals surface area contributed by atoms with Crippen molar-refractivity contribution in [1.82, 2.24) is 4.90 Å². The molecule has 2 fully saturated rings. The van der Waals surface area contributed by atoms with E-state index in [4.69, 9.17) is 14.6 Å². The van der Waals surface area contributed by atoms with E-state index in [1.807, 2.05) is 6.07 Å². The lowest BCUT2D eigenvalue weighted by atomic mass is 9.54. The van der Waals surface area contributed by atoms with Crippen molar-refractivity contribution in [2.24, 2.45) is 5.92 Å². The first kappa shape index (κ1) is 19.6. The Hall–Kier alpha value is -1.14. The summed E-state index contributed by atoms with van der Waals surface area (Å²) in [5.74, 6) is 1.01. The van der Waals surface area contributed by atoms with Gasteiger partial charge in [0.15, 0.2) is 0 Å². The van der Waals surface area contributed by atoms with E-state index in [9.17, 15) is 5.11 Å². The van der Waals surface area contributed by atoms with Crippen molar-refractivity contribution in [1.29, 1.82) is 0 Å². The lowest BCUT2D eigenvalue weighted by Crippen LogP contribution is -2.62. The van der Waals surface area contributed by atoms with E-state index in [1.54, 1.807) is 7.11 Å². The third-order valence-electron chi connectivity index (χ3n) is 6.70. The van der Waals surface area contributed by atoms with Crippen molar-refractivity contribution in [3.8, 4) is 5.75 Å². The number of benzene rings is 1. The summed E-state index contributed by atoms with van der Waals surface area (Å²) in [4.78, 5) is 2.36. The fourth-order valence-corrected chi connectivity index (χ4v) is 5.35. The van der Waals surface area contributed by atoms with E-state index < -0.39 is 6.10 Å². The molecule has 146 valence electrons. The summed E-state index contributed by atoms with van der Waals surface area (Å²) in [6.07, 6.45) is 2.04. The van der Waals surface area contributed by atoms with Crippen LogP contribution in [0.1, 0.15) is 37.3 Å². The van der Waals surface area contributed by atoms with Crippen LogP contribution in [-0.4, -0.2) is 67.3 Å². The summed E-state index contributed by atoms with van der Waals surface area (Å²) in [7, 11) is 3.85. The van der Waals surface area contributed by atoms with Gasteiger partial charge in [0.25, 0.3) is 0 Å². The molecule has 1 unspecified atom stereocenters. The van der Waals surface area contributed by atoms with E-state index in [-0.39, 0.29) is 24.0 Å². The fraction of sp³-hybridized carbons (Fsp3) is 0.714. The highest BCUT2D eigenvalue weighted by atomic mass is 16.5. The summed E-state index contributed by atoms with van der Waals surface area (Å²) >= 11 is 0. The number of hydrogen-bond acceptors (Lipinski definition) is 5. The van der Waals surface area contributed by atoms with Crippen LogP contribution in [0.5, 0.6) is 5.75 Å². The maximum Gasteiger partial charge on any atom is 0.119 e. The number of aryl methyl sites for hydroxylation is 1. The predicted molar refractivity (Wildman–Crippen MR) is 102 cm³/mol. The molecule has 1 saturated carbocycles. The van der Waals surface area contributed by atoms with Crippen molar-refractivity contribution >= 4 is 0 Å². The van der Waals surface area contributed by atoms with Crippen molar-refractivity contribution < 1.29 is 19.7 Å². The molecule has 0 spiro atoms. The Morgan fingerprint density at radius 2 is 2.12 bits per heavy atom. The topological polar surface area (TPSA) is 62.2 Å². The van der Waals surface area contributed by atoms with Crippen LogP contribution in [0.2, 0.25) is 0 Å². The summed E-state index contributed by atoms with van der Waals surface area (Å²) < 4.78 is 11.4. The average molecular weight is 363 g/mol. The number of fused-ring (bicyclic) bond motifs is 1. The zero-order valence-corrected chi connectivity index (χ0v) is 16.4. The van der Waals surface area contributed by atoms with Crippen LogP contribution in [0.3, 0.4) is 0 Å². The second kappa shape index (κ2) is 7.85. The van der Waals surface area contributed by atoms with E-state index in [1.165, 1.54) is 11.1 Å². The summed E-state index contributed by atoms with van der Waals surface area (Å²) in [5.41, 5.74) is 2.38. The smallest absolute Gasteiger partial charge is 0.119 e. The van der Waals surface area contributed by atoms with Gasteiger partial charge in [0, 0.05) is 17.4 Å². The Balaban J connectivity index is 2.07. The van der Waals surface area contributed by atoms with Crippen LogP contribution in [0.25, 0.3) is 0 Å². The van der Waals surface area contributed by atoms with Gasteiger partial charge >= 0.3 is 0 Å². The van der Waals surface area contributed by atoms with Gasteiger partial charge in [-0.15, -0.1) is 0 Å². The second-order valence-electron chi connectivity index (χ2n) is 8.06. The lowest BCUT2D eigenvalue weighted by Gasteiger charge is -2.57. The predicted octanol–water partition coefficient (Wildman–Crippen LogP) is 2.11. The number of methoxy groups -OCH3 is 1. The molecule has 0 bridgehead atoms. The summed E-state index contributed by atoms with van der Waals surface area (Å²) in [6.45, 7) is 5.71. The number of likely N-dealkylation sites (tertiary alicyclic amines) is 1. The molecule has 2 aliphatic rings. The second-order valence-corrected chi connectivity index (χ2v) is 8.06. The molecule has 26 heavy (non-hydrogen) atoms. The van der Waals surface area contributed by atoms with Crippen LogP contribution in [0.4, 0.5) is 0 Å². The molecule has 1 aromatic carbocycles. The Morgan fingerprint density at radius 1 is 1.35 bits per heavy atom. The van der Waals surface area contributed by atoms with Crippen LogP contribution >= 0.6 is 0 Å². The molecule has 1 saturated heterocycles. The third kappa shape index (κ3) is 3.38. The van der Waals surface area contributed by atoms with Crippen molar-refractivity contribution in [2.75, 3.05) is 33.9 Å². The lowest BCUT2D eigenvalue weighted by molar-refractivity contribution is -0.119. The molecule has 5 atom stereocenters. The number of nitrogens with zero attached hydrogens (tertiary/aromatic N) is 1. The molecular weight excluding hydrogens is 330 g/mol. The molecule has 3 rings (SSSR count). The van der Waals surface area contributed by atoms with Crippen molar-refractivity contribution in [3.63, 3.8) is 0 Å². The van der Waals surface area contributed by atoms with E-state index in [2.05, 4.69) is 37.9 Å². The Morgan fingerprint density at radius 3 is 2.81 bits per heavy atom. The van der Waals surface area contributed by atoms with Gasteiger partial charge in [-0.2, -0.15) is 0 Å². The zero-order valence-electron chi connectivity index (χ0n) is 16.4. The highest BCUT2D eigenvalue weighted by molar-refractivity contribution is 5.42. The van der Waals surface area contributed by atoms with Crippen molar-refractivity contribution in [3.05, 3.63) is 29.3 Å². The van der Waals surface area contributed by atoms with Gasteiger partial charge in [-0.1, -0.05) is 6.07 Å². The Labute approximate surface area is 156 Å². The van der Waals surface area contributed by atoms with Crippen molar-refractivity contribution in [2.45, 2.75) is 56.8 Å². The first-order valence-electron chi connectivity index (χ1n) is 9.69. The highest BCUT2D eigenvalue weighted by Gasteiger charge is 2.55. The summed E-state index contributed by atoms with van der Waals surface area (Å²) in [6, 6.07) is 6.57. The minimum atomic E-state index is -0.421. The van der Waals surface area contributed by atoms with Gasteiger partial charge in [0.1, 0.15) is 5.75 Å². The van der Waals surface area contributed by atoms with Crippen LogP contribution < -0.4 is 4.74 Å². The molecule has 0 radical (unpaired) electrons. The van der Waals surface area contributed by atoms with Gasteiger partial charge in [-0.05, 0) is 70.0 Å². The van der Waals surface area contributed by atoms with E-state index >= 15 is 0 Å².